The minimum absolute atomic E-state index is 0.204. The molecule has 0 spiro atoms. The Bertz CT molecular complexity index is 579. The average molecular weight is 329 g/mol. The van der Waals surface area contributed by atoms with Crippen molar-refractivity contribution in [2.75, 3.05) is 20.3 Å². The highest BCUT2D eigenvalue weighted by Crippen LogP contribution is 2.14. The fraction of sp³-hybridized carbons (Fsp3) is 0.400. The van der Waals surface area contributed by atoms with E-state index in [1.165, 1.54) is 11.1 Å². The molecule has 0 atom stereocenters. The van der Waals surface area contributed by atoms with Crippen molar-refractivity contribution < 1.29 is 14.2 Å². The van der Waals surface area contributed by atoms with E-state index in [-0.39, 0.29) is 6.10 Å². The van der Waals surface area contributed by atoms with Crippen molar-refractivity contribution in [3.63, 3.8) is 0 Å². The molecule has 0 saturated carbocycles. The van der Waals surface area contributed by atoms with E-state index < -0.39 is 0 Å². The fourth-order valence-corrected chi connectivity index (χ4v) is 2.26. The van der Waals surface area contributed by atoms with Crippen LogP contribution in [0.3, 0.4) is 0 Å². The fourth-order valence-electron chi connectivity index (χ4n) is 2.26. The highest BCUT2D eigenvalue weighted by molar-refractivity contribution is 5.28. The van der Waals surface area contributed by atoms with Crippen molar-refractivity contribution in [2.24, 2.45) is 0 Å². The van der Waals surface area contributed by atoms with Gasteiger partial charge in [0.05, 0.1) is 12.7 Å². The summed E-state index contributed by atoms with van der Waals surface area (Å²) in [5.41, 5.74) is 2.47. The summed E-state index contributed by atoms with van der Waals surface area (Å²) < 4.78 is 16.2. The molecule has 0 bridgehead atoms. The van der Waals surface area contributed by atoms with E-state index in [1.54, 1.807) is 7.11 Å². The van der Waals surface area contributed by atoms with E-state index >= 15 is 0 Å². The smallest absolute Gasteiger partial charge is 0.119 e. The molecule has 0 aromatic heterocycles. The maximum Gasteiger partial charge on any atom is 0.119 e. The van der Waals surface area contributed by atoms with Gasteiger partial charge in [0.15, 0.2) is 0 Å². The first-order valence-electron chi connectivity index (χ1n) is 8.34. The SMILES string of the molecule is COCCOc1ccc(CNCc2ccc(OC(C)C)cc2)cc1. The van der Waals surface area contributed by atoms with Gasteiger partial charge in [-0.15, -0.1) is 0 Å². The van der Waals surface area contributed by atoms with Crippen molar-refractivity contribution >= 4 is 0 Å². The lowest BCUT2D eigenvalue weighted by Crippen LogP contribution is -2.12. The summed E-state index contributed by atoms with van der Waals surface area (Å²) in [7, 11) is 1.67. The van der Waals surface area contributed by atoms with Crippen LogP contribution >= 0.6 is 0 Å². The van der Waals surface area contributed by atoms with Gasteiger partial charge in [0.25, 0.3) is 0 Å². The van der Waals surface area contributed by atoms with Crippen LogP contribution in [0, 0.1) is 0 Å². The van der Waals surface area contributed by atoms with E-state index in [4.69, 9.17) is 14.2 Å². The number of benzene rings is 2. The maximum atomic E-state index is 5.65. The number of nitrogens with one attached hydrogen (secondary N) is 1. The minimum Gasteiger partial charge on any atom is -0.491 e. The topological polar surface area (TPSA) is 39.7 Å². The summed E-state index contributed by atoms with van der Waals surface area (Å²) in [6.07, 6.45) is 0.204. The summed E-state index contributed by atoms with van der Waals surface area (Å²) in [5, 5.41) is 3.45. The maximum absolute atomic E-state index is 5.65. The van der Waals surface area contributed by atoms with Crippen molar-refractivity contribution in [1.29, 1.82) is 0 Å². The zero-order chi connectivity index (χ0) is 17.2. The third kappa shape index (κ3) is 6.60. The van der Waals surface area contributed by atoms with Crippen LogP contribution < -0.4 is 14.8 Å². The second-order valence-electron chi connectivity index (χ2n) is 5.90. The molecule has 4 heteroatoms. The van der Waals surface area contributed by atoms with E-state index in [2.05, 4.69) is 29.6 Å². The molecule has 2 rings (SSSR count). The van der Waals surface area contributed by atoms with Crippen LogP contribution in [-0.4, -0.2) is 26.4 Å². The Morgan fingerprint density at radius 2 is 1.33 bits per heavy atom. The van der Waals surface area contributed by atoms with Gasteiger partial charge in [-0.05, 0) is 49.2 Å². The predicted octanol–water partition coefficient (Wildman–Crippen LogP) is 3.79. The molecular weight excluding hydrogens is 302 g/mol. The molecule has 2 aromatic rings. The van der Waals surface area contributed by atoms with Gasteiger partial charge in [0.2, 0.25) is 0 Å². The first-order valence-corrected chi connectivity index (χ1v) is 8.34. The van der Waals surface area contributed by atoms with Crippen LogP contribution in [0.25, 0.3) is 0 Å². The molecule has 1 N–H and O–H groups in total. The summed E-state index contributed by atoms with van der Waals surface area (Å²) in [5.74, 6) is 1.79. The van der Waals surface area contributed by atoms with Gasteiger partial charge in [0.1, 0.15) is 18.1 Å². The van der Waals surface area contributed by atoms with E-state index in [9.17, 15) is 0 Å². The van der Waals surface area contributed by atoms with Crippen molar-refractivity contribution in [3.05, 3.63) is 59.7 Å². The Kier molecular flexibility index (Phi) is 7.59. The normalized spacial score (nSPS) is 10.8. The Morgan fingerprint density at radius 3 is 1.83 bits per heavy atom. The Labute approximate surface area is 144 Å². The second-order valence-corrected chi connectivity index (χ2v) is 5.90. The summed E-state index contributed by atoms with van der Waals surface area (Å²) >= 11 is 0. The molecule has 0 radical (unpaired) electrons. The monoisotopic (exact) mass is 329 g/mol. The van der Waals surface area contributed by atoms with Crippen LogP contribution in [0.1, 0.15) is 25.0 Å². The Hall–Kier alpha value is -2.04. The molecule has 0 heterocycles. The lowest BCUT2D eigenvalue weighted by Gasteiger charge is -2.11. The number of hydrogen-bond acceptors (Lipinski definition) is 4. The van der Waals surface area contributed by atoms with Crippen LogP contribution in [0.15, 0.2) is 48.5 Å². The largest absolute Gasteiger partial charge is 0.491 e. The second kappa shape index (κ2) is 9.96. The van der Waals surface area contributed by atoms with Crippen LogP contribution in [0.5, 0.6) is 11.5 Å². The van der Waals surface area contributed by atoms with Gasteiger partial charge in [-0.1, -0.05) is 24.3 Å². The standard InChI is InChI=1S/C20H27NO3/c1-16(2)24-20-10-6-18(7-11-20)15-21-14-17-4-8-19(9-5-17)23-13-12-22-3/h4-11,16,21H,12-15H2,1-3H3. The molecule has 130 valence electrons. The summed E-state index contributed by atoms with van der Waals surface area (Å²) in [4.78, 5) is 0. The van der Waals surface area contributed by atoms with E-state index in [0.29, 0.717) is 13.2 Å². The quantitative estimate of drug-likeness (QED) is 0.673. The average Bonchev–Trinajstić information content (AvgIpc) is 2.58. The third-order valence-electron chi connectivity index (χ3n) is 3.43. The molecular formula is C20H27NO3. The lowest BCUT2D eigenvalue weighted by molar-refractivity contribution is 0.146. The van der Waals surface area contributed by atoms with E-state index in [1.807, 2.05) is 38.1 Å². The van der Waals surface area contributed by atoms with Crippen LogP contribution in [-0.2, 0) is 17.8 Å². The molecule has 0 unspecified atom stereocenters. The number of rotatable bonds is 10. The molecule has 2 aromatic carbocycles. The Morgan fingerprint density at radius 1 is 0.792 bits per heavy atom. The van der Waals surface area contributed by atoms with Gasteiger partial charge in [0, 0.05) is 20.2 Å². The molecule has 0 amide bonds. The van der Waals surface area contributed by atoms with Gasteiger partial charge in [-0.3, -0.25) is 0 Å². The molecule has 0 aliphatic rings. The number of ether oxygens (including phenoxy) is 3. The van der Waals surface area contributed by atoms with Gasteiger partial charge in [-0.25, -0.2) is 0 Å². The third-order valence-corrected chi connectivity index (χ3v) is 3.43. The summed E-state index contributed by atoms with van der Waals surface area (Å²) in [6, 6.07) is 16.4. The molecule has 0 fully saturated rings. The number of methoxy groups -OCH3 is 1. The zero-order valence-corrected chi connectivity index (χ0v) is 14.7. The van der Waals surface area contributed by atoms with Crippen LogP contribution in [0.4, 0.5) is 0 Å². The Balaban J connectivity index is 1.73. The van der Waals surface area contributed by atoms with Crippen LogP contribution in [0.2, 0.25) is 0 Å². The van der Waals surface area contributed by atoms with Gasteiger partial charge >= 0.3 is 0 Å². The molecule has 0 aliphatic heterocycles. The van der Waals surface area contributed by atoms with Gasteiger partial charge in [-0.2, -0.15) is 0 Å². The minimum atomic E-state index is 0.204. The first-order chi connectivity index (χ1) is 11.7. The lowest BCUT2D eigenvalue weighted by atomic mass is 10.2. The predicted molar refractivity (Wildman–Crippen MR) is 96.6 cm³/mol. The summed E-state index contributed by atoms with van der Waals surface area (Å²) in [6.45, 7) is 6.89. The first kappa shape index (κ1) is 18.3. The highest BCUT2D eigenvalue weighted by Gasteiger charge is 1.99. The van der Waals surface area contributed by atoms with Gasteiger partial charge < -0.3 is 19.5 Å². The van der Waals surface area contributed by atoms with Crippen molar-refractivity contribution in [3.8, 4) is 11.5 Å². The van der Waals surface area contributed by atoms with E-state index in [0.717, 1.165) is 24.6 Å². The highest BCUT2D eigenvalue weighted by atomic mass is 16.5. The zero-order valence-electron chi connectivity index (χ0n) is 14.7. The number of hydrogen-bond donors (Lipinski definition) is 1. The van der Waals surface area contributed by atoms with Crippen molar-refractivity contribution in [2.45, 2.75) is 33.0 Å². The molecule has 4 nitrogen and oxygen atoms in total. The molecule has 0 saturated heterocycles. The molecule has 24 heavy (non-hydrogen) atoms. The van der Waals surface area contributed by atoms with Crippen molar-refractivity contribution in [1.82, 2.24) is 5.32 Å². The molecule has 0 aliphatic carbocycles.